The highest BCUT2D eigenvalue weighted by Gasteiger charge is 2.61. The van der Waals surface area contributed by atoms with Crippen LogP contribution in [0.15, 0.2) is 0 Å². The topological polar surface area (TPSA) is 127 Å². The molecule has 0 bridgehead atoms. The first kappa shape index (κ1) is 20.9. The van der Waals surface area contributed by atoms with Gasteiger partial charge in [0.25, 0.3) is 23.6 Å². The lowest BCUT2D eigenvalue weighted by Gasteiger charge is -2.32. The van der Waals surface area contributed by atoms with Gasteiger partial charge in [0.2, 0.25) is 0 Å². The second-order valence-corrected chi connectivity index (χ2v) is 8.20. The maximum Gasteiger partial charge on any atom is 0.339 e. The lowest BCUT2D eigenvalue weighted by atomic mass is 9.73. The Labute approximate surface area is 167 Å². The maximum absolute atomic E-state index is 13.0. The van der Waals surface area contributed by atoms with Gasteiger partial charge in [-0.2, -0.15) is 0 Å². The van der Waals surface area contributed by atoms with E-state index in [1.807, 2.05) is 0 Å². The maximum atomic E-state index is 13.0. The van der Waals surface area contributed by atoms with E-state index in [0.717, 1.165) is 0 Å². The van der Waals surface area contributed by atoms with Crippen LogP contribution in [-0.2, 0) is 38.4 Å². The summed E-state index contributed by atoms with van der Waals surface area (Å²) >= 11 is 0. The number of hydrogen-bond donors (Lipinski definition) is 0. The molecular weight excluding hydrogens is 384 g/mol. The highest BCUT2D eigenvalue weighted by molar-refractivity contribution is 6.02. The molecule has 10 heteroatoms. The van der Waals surface area contributed by atoms with Crippen LogP contribution in [0.2, 0.25) is 0 Å². The van der Waals surface area contributed by atoms with Crippen molar-refractivity contribution >= 4 is 35.6 Å². The minimum absolute atomic E-state index is 0.0137. The average Bonchev–Trinajstić information content (AvgIpc) is 3.21. The molecule has 3 aliphatic rings. The lowest BCUT2D eigenvalue weighted by Crippen LogP contribution is -2.44. The summed E-state index contributed by atoms with van der Waals surface area (Å²) in [6, 6.07) is 0. The highest BCUT2D eigenvalue weighted by Crippen LogP contribution is 2.55. The summed E-state index contributed by atoms with van der Waals surface area (Å²) in [5, 5.41) is 0.979. The van der Waals surface area contributed by atoms with Gasteiger partial charge in [0, 0.05) is 25.7 Å². The zero-order chi connectivity index (χ0) is 21.7. The van der Waals surface area contributed by atoms with Crippen molar-refractivity contribution in [3.8, 4) is 0 Å². The Kier molecular flexibility index (Phi) is 5.22. The normalized spacial score (nSPS) is 34.9. The van der Waals surface area contributed by atoms with Crippen LogP contribution < -0.4 is 0 Å². The number of hydrogen-bond acceptors (Lipinski definition) is 8. The third-order valence-corrected chi connectivity index (χ3v) is 6.86. The third kappa shape index (κ3) is 3.20. The summed E-state index contributed by atoms with van der Waals surface area (Å²) in [6.45, 7) is 6.83. The molecule has 4 amide bonds. The predicted molar refractivity (Wildman–Crippen MR) is 93.4 cm³/mol. The Bertz CT molecular complexity index is 776. The summed E-state index contributed by atoms with van der Waals surface area (Å²) in [6.07, 6.45) is -0.0607. The number of amides is 4. The number of nitrogens with zero attached hydrogens (tertiary/aromatic N) is 2. The molecule has 10 nitrogen and oxygen atoms in total. The van der Waals surface area contributed by atoms with Gasteiger partial charge in [0.05, 0.1) is 11.3 Å². The van der Waals surface area contributed by atoms with E-state index < -0.39 is 52.8 Å². The predicted octanol–water partition coefficient (Wildman–Crippen LogP) is 0.745. The van der Waals surface area contributed by atoms with E-state index in [0.29, 0.717) is 10.1 Å². The molecule has 0 aromatic rings. The molecule has 3 rings (SSSR count). The number of hydroxylamine groups is 4. The quantitative estimate of drug-likeness (QED) is 0.624. The van der Waals surface area contributed by atoms with Gasteiger partial charge in [-0.25, -0.2) is 9.59 Å². The van der Waals surface area contributed by atoms with Crippen LogP contribution in [-0.4, -0.2) is 45.7 Å². The van der Waals surface area contributed by atoms with Gasteiger partial charge in [-0.15, -0.1) is 10.1 Å². The first-order valence-corrected chi connectivity index (χ1v) is 9.65. The molecule has 0 radical (unpaired) electrons. The van der Waals surface area contributed by atoms with Crippen molar-refractivity contribution in [3.05, 3.63) is 0 Å². The second-order valence-electron chi connectivity index (χ2n) is 8.20. The molecule has 3 fully saturated rings. The summed E-state index contributed by atoms with van der Waals surface area (Å²) < 4.78 is 0. The van der Waals surface area contributed by atoms with E-state index in [-0.39, 0.29) is 37.5 Å². The van der Waals surface area contributed by atoms with Crippen molar-refractivity contribution in [2.45, 2.75) is 53.4 Å². The summed E-state index contributed by atoms with van der Waals surface area (Å²) in [4.78, 5) is 83.0. The molecule has 2 saturated heterocycles. The van der Waals surface area contributed by atoms with Crippen LogP contribution in [0.25, 0.3) is 0 Å². The monoisotopic (exact) mass is 408 g/mol. The Morgan fingerprint density at radius 1 is 0.793 bits per heavy atom. The smallest absolute Gasteiger partial charge is 0.330 e. The number of carbonyl (C=O) groups is 6. The zero-order valence-corrected chi connectivity index (χ0v) is 16.8. The minimum atomic E-state index is -1.19. The molecule has 0 spiro atoms. The van der Waals surface area contributed by atoms with E-state index in [9.17, 15) is 28.8 Å². The van der Waals surface area contributed by atoms with Gasteiger partial charge in [-0.3, -0.25) is 19.2 Å². The van der Waals surface area contributed by atoms with Crippen LogP contribution >= 0.6 is 0 Å². The second kappa shape index (κ2) is 7.23. The molecule has 2 heterocycles. The van der Waals surface area contributed by atoms with E-state index >= 15 is 0 Å². The molecule has 0 N–H and O–H groups in total. The summed E-state index contributed by atoms with van der Waals surface area (Å²) in [5.41, 5.74) is -1.19. The summed E-state index contributed by atoms with van der Waals surface area (Å²) in [7, 11) is 0. The fraction of sp³-hybridized carbons (Fsp3) is 0.684. The van der Waals surface area contributed by atoms with Crippen molar-refractivity contribution in [1.82, 2.24) is 10.1 Å². The van der Waals surface area contributed by atoms with Gasteiger partial charge in [-0.05, 0) is 24.7 Å². The molecule has 158 valence electrons. The van der Waals surface area contributed by atoms with Crippen molar-refractivity contribution in [1.29, 1.82) is 0 Å². The number of imide groups is 2. The van der Waals surface area contributed by atoms with Crippen LogP contribution in [0.5, 0.6) is 0 Å². The highest BCUT2D eigenvalue weighted by atomic mass is 16.7. The third-order valence-electron chi connectivity index (χ3n) is 6.86. The first-order chi connectivity index (χ1) is 13.5. The van der Waals surface area contributed by atoms with Gasteiger partial charge >= 0.3 is 11.9 Å². The van der Waals surface area contributed by atoms with Gasteiger partial charge in [0.1, 0.15) is 0 Å². The Morgan fingerprint density at radius 2 is 1.21 bits per heavy atom. The van der Waals surface area contributed by atoms with E-state index in [2.05, 4.69) is 0 Å². The Morgan fingerprint density at radius 3 is 1.66 bits per heavy atom. The summed E-state index contributed by atoms with van der Waals surface area (Å²) in [5.74, 6) is -5.96. The van der Waals surface area contributed by atoms with Crippen LogP contribution in [0.4, 0.5) is 0 Å². The molecule has 29 heavy (non-hydrogen) atoms. The van der Waals surface area contributed by atoms with Crippen molar-refractivity contribution < 1.29 is 38.4 Å². The van der Waals surface area contributed by atoms with Gasteiger partial charge in [0.15, 0.2) is 0 Å². The average molecular weight is 408 g/mol. The SMILES string of the molecule is C[C@H]1[C@@H](C(=O)ON2C(=O)CCC2=O)[C@@H](C)[C@](C)(C(=O)ON2C(=O)CCC2=O)[C@H]1C. The Hall–Kier alpha value is -2.78. The Balaban J connectivity index is 1.78. The van der Waals surface area contributed by atoms with Gasteiger partial charge < -0.3 is 9.68 Å². The largest absolute Gasteiger partial charge is 0.339 e. The van der Waals surface area contributed by atoms with Crippen LogP contribution in [0, 0.1) is 29.1 Å². The molecular formula is C19H24N2O8. The van der Waals surface area contributed by atoms with E-state index in [4.69, 9.17) is 9.68 Å². The van der Waals surface area contributed by atoms with Crippen molar-refractivity contribution in [2.75, 3.05) is 0 Å². The molecule has 2 aliphatic heterocycles. The molecule has 0 aromatic carbocycles. The lowest BCUT2D eigenvalue weighted by molar-refractivity contribution is -0.209. The number of carbonyl (C=O) groups excluding carboxylic acids is 6. The fourth-order valence-corrected chi connectivity index (χ4v) is 4.54. The van der Waals surface area contributed by atoms with Crippen LogP contribution in [0.1, 0.15) is 53.4 Å². The van der Waals surface area contributed by atoms with Crippen LogP contribution in [0.3, 0.4) is 0 Å². The van der Waals surface area contributed by atoms with E-state index in [1.165, 1.54) is 0 Å². The number of rotatable bonds is 4. The molecule has 0 unspecified atom stereocenters. The molecule has 1 aliphatic carbocycles. The first-order valence-electron chi connectivity index (χ1n) is 9.65. The van der Waals surface area contributed by atoms with E-state index in [1.54, 1.807) is 27.7 Å². The van der Waals surface area contributed by atoms with Gasteiger partial charge in [-0.1, -0.05) is 20.8 Å². The fourth-order valence-electron chi connectivity index (χ4n) is 4.54. The van der Waals surface area contributed by atoms with Crippen molar-refractivity contribution in [3.63, 3.8) is 0 Å². The molecule has 0 aromatic heterocycles. The van der Waals surface area contributed by atoms with Crippen molar-refractivity contribution in [2.24, 2.45) is 29.1 Å². The molecule has 1 saturated carbocycles. The zero-order valence-electron chi connectivity index (χ0n) is 16.8. The molecule has 5 atom stereocenters. The minimum Gasteiger partial charge on any atom is -0.330 e. The standard InChI is InChI=1S/C19H24N2O8/c1-9-10(2)19(4,18(27)29-21-14(24)7-8-15(21)25)11(3)16(9)17(26)28-20-12(22)5-6-13(20)23/h9-11,16H,5-8H2,1-4H3/t9-,10+,11-,16-,19-/m1/s1.